The second-order valence-corrected chi connectivity index (χ2v) is 6.67. The Morgan fingerprint density at radius 3 is 2.65 bits per heavy atom. The van der Waals surface area contributed by atoms with Crippen LogP contribution < -0.4 is 11.1 Å². The average Bonchev–Trinajstić information content (AvgIpc) is 2.36. The average molecular weight is 260 g/mol. The molecule has 1 unspecified atom stereocenters. The van der Waals surface area contributed by atoms with E-state index in [4.69, 9.17) is 10.5 Å². The van der Waals surface area contributed by atoms with Crippen LogP contribution in [0.15, 0.2) is 0 Å². The van der Waals surface area contributed by atoms with Gasteiger partial charge >= 0.3 is 0 Å². The van der Waals surface area contributed by atoms with Crippen molar-refractivity contribution >= 4 is 17.7 Å². The van der Waals surface area contributed by atoms with E-state index < -0.39 is 6.04 Å². The van der Waals surface area contributed by atoms with Crippen LogP contribution >= 0.6 is 11.8 Å². The first-order valence-corrected chi connectivity index (χ1v) is 7.35. The quantitative estimate of drug-likeness (QED) is 0.774. The second-order valence-electron chi connectivity index (χ2n) is 5.16. The fraction of sp³-hybridized carbons (Fsp3) is 0.917. The Bertz CT molecular complexity index is 253. The molecule has 17 heavy (non-hydrogen) atoms. The molecule has 1 aliphatic rings. The Morgan fingerprint density at radius 2 is 2.12 bits per heavy atom. The smallest absolute Gasteiger partial charge is 0.237 e. The van der Waals surface area contributed by atoms with Crippen molar-refractivity contribution in [3.63, 3.8) is 0 Å². The molecule has 1 fully saturated rings. The first-order chi connectivity index (χ1) is 7.96. The summed E-state index contributed by atoms with van der Waals surface area (Å²) >= 11 is 1.74. The lowest BCUT2D eigenvalue weighted by Gasteiger charge is -2.28. The summed E-state index contributed by atoms with van der Waals surface area (Å²) < 4.78 is 5.33. The van der Waals surface area contributed by atoms with Gasteiger partial charge in [-0.25, -0.2) is 0 Å². The van der Waals surface area contributed by atoms with E-state index in [0.29, 0.717) is 6.54 Å². The summed E-state index contributed by atoms with van der Waals surface area (Å²) in [7, 11) is 0. The molecule has 1 aliphatic heterocycles. The van der Waals surface area contributed by atoms with Crippen molar-refractivity contribution in [2.24, 2.45) is 11.7 Å². The minimum atomic E-state index is -0.392. The summed E-state index contributed by atoms with van der Waals surface area (Å²) in [5.74, 6) is 0.236. The van der Waals surface area contributed by atoms with Crippen LogP contribution in [0.2, 0.25) is 0 Å². The minimum absolute atomic E-state index is 0.0287. The Balaban J connectivity index is 2.36. The van der Waals surface area contributed by atoms with Crippen LogP contribution in [0.25, 0.3) is 0 Å². The number of nitrogens with two attached hydrogens (primary N) is 1. The maximum atomic E-state index is 11.9. The molecular formula is C12H24N2O2S. The van der Waals surface area contributed by atoms with Crippen molar-refractivity contribution in [3.8, 4) is 0 Å². The van der Waals surface area contributed by atoms with E-state index in [1.165, 1.54) is 0 Å². The van der Waals surface area contributed by atoms with Crippen LogP contribution in [0.5, 0.6) is 0 Å². The van der Waals surface area contributed by atoms with E-state index in [0.717, 1.165) is 26.1 Å². The molecule has 0 aliphatic carbocycles. The van der Waals surface area contributed by atoms with E-state index >= 15 is 0 Å². The van der Waals surface area contributed by atoms with E-state index in [2.05, 4.69) is 19.2 Å². The predicted octanol–water partition coefficient (Wildman–Crippen LogP) is 0.998. The van der Waals surface area contributed by atoms with Gasteiger partial charge in [0.05, 0.1) is 6.04 Å². The lowest BCUT2D eigenvalue weighted by molar-refractivity contribution is -0.124. The lowest BCUT2D eigenvalue weighted by Crippen LogP contribution is -2.49. The Morgan fingerprint density at radius 1 is 1.53 bits per heavy atom. The van der Waals surface area contributed by atoms with Crippen LogP contribution in [-0.2, 0) is 9.53 Å². The molecule has 0 spiro atoms. The third kappa shape index (κ3) is 4.85. The molecule has 0 aromatic carbocycles. The van der Waals surface area contributed by atoms with Gasteiger partial charge in [-0.3, -0.25) is 4.79 Å². The van der Waals surface area contributed by atoms with Gasteiger partial charge in [0.15, 0.2) is 0 Å². The molecule has 3 N–H and O–H groups in total. The summed E-state index contributed by atoms with van der Waals surface area (Å²) in [5, 5.41) is 2.95. The molecule has 0 bridgehead atoms. The van der Waals surface area contributed by atoms with Crippen molar-refractivity contribution in [2.45, 2.75) is 37.5 Å². The molecule has 1 rings (SSSR count). The van der Waals surface area contributed by atoms with Crippen LogP contribution in [0.4, 0.5) is 0 Å². The number of nitrogens with one attached hydrogen (secondary N) is 1. The van der Waals surface area contributed by atoms with Crippen molar-refractivity contribution in [1.82, 2.24) is 5.32 Å². The Kier molecular flexibility index (Phi) is 5.76. The minimum Gasteiger partial charge on any atom is -0.381 e. The van der Waals surface area contributed by atoms with E-state index in [-0.39, 0.29) is 16.6 Å². The standard InChI is InChI=1S/C12H24N2O2S/c1-12(2,17-3)8-14-11(15)10(13)9-4-6-16-7-5-9/h9-10H,4-8,13H2,1-3H3,(H,14,15). The molecule has 1 atom stereocenters. The number of ether oxygens (including phenoxy) is 1. The molecule has 0 radical (unpaired) electrons. The normalized spacial score (nSPS) is 20.0. The first kappa shape index (κ1) is 14.8. The van der Waals surface area contributed by atoms with Gasteiger partial charge in [0.2, 0.25) is 5.91 Å². The molecule has 0 saturated carbocycles. The summed E-state index contributed by atoms with van der Waals surface area (Å²) in [5.41, 5.74) is 5.99. The molecule has 1 heterocycles. The van der Waals surface area contributed by atoms with E-state index in [1.807, 2.05) is 6.26 Å². The molecule has 0 aromatic rings. The van der Waals surface area contributed by atoms with Crippen molar-refractivity contribution in [1.29, 1.82) is 0 Å². The van der Waals surface area contributed by atoms with Crippen LogP contribution in [0.1, 0.15) is 26.7 Å². The number of carbonyl (C=O) groups excluding carboxylic acids is 1. The predicted molar refractivity (Wildman–Crippen MR) is 72.1 cm³/mol. The van der Waals surface area contributed by atoms with E-state index in [9.17, 15) is 4.79 Å². The van der Waals surface area contributed by atoms with Crippen molar-refractivity contribution in [2.75, 3.05) is 26.0 Å². The summed E-state index contributed by atoms with van der Waals surface area (Å²) in [6.45, 7) is 6.32. The Hall–Kier alpha value is -0.260. The number of hydrogen-bond acceptors (Lipinski definition) is 4. The maximum Gasteiger partial charge on any atom is 0.237 e. The zero-order chi connectivity index (χ0) is 12.9. The SMILES string of the molecule is CSC(C)(C)CNC(=O)C(N)C1CCOCC1. The summed E-state index contributed by atoms with van der Waals surface area (Å²) in [6.07, 6.45) is 3.82. The molecule has 4 nitrogen and oxygen atoms in total. The zero-order valence-corrected chi connectivity index (χ0v) is 11.8. The highest BCUT2D eigenvalue weighted by atomic mass is 32.2. The van der Waals surface area contributed by atoms with Crippen LogP contribution in [0, 0.1) is 5.92 Å². The molecule has 1 amide bonds. The second kappa shape index (κ2) is 6.61. The highest BCUT2D eigenvalue weighted by Crippen LogP contribution is 2.20. The van der Waals surface area contributed by atoms with Crippen LogP contribution in [0.3, 0.4) is 0 Å². The lowest BCUT2D eigenvalue weighted by atomic mass is 9.92. The van der Waals surface area contributed by atoms with Crippen molar-refractivity contribution < 1.29 is 9.53 Å². The van der Waals surface area contributed by atoms with Gasteiger partial charge in [-0.15, -0.1) is 0 Å². The van der Waals surface area contributed by atoms with Gasteiger partial charge in [0, 0.05) is 24.5 Å². The molecule has 0 aromatic heterocycles. The maximum absolute atomic E-state index is 11.9. The molecule has 1 saturated heterocycles. The summed E-state index contributed by atoms with van der Waals surface area (Å²) in [6, 6.07) is -0.392. The van der Waals surface area contributed by atoms with E-state index in [1.54, 1.807) is 11.8 Å². The Labute approximate surface area is 108 Å². The van der Waals surface area contributed by atoms with Gasteiger partial charge in [0.1, 0.15) is 0 Å². The first-order valence-electron chi connectivity index (χ1n) is 6.12. The summed E-state index contributed by atoms with van der Waals surface area (Å²) in [4.78, 5) is 11.9. The fourth-order valence-corrected chi connectivity index (χ4v) is 2.00. The molecule has 5 heteroatoms. The van der Waals surface area contributed by atoms with Crippen molar-refractivity contribution in [3.05, 3.63) is 0 Å². The van der Waals surface area contributed by atoms with Gasteiger partial charge in [-0.1, -0.05) is 0 Å². The number of carbonyl (C=O) groups is 1. The van der Waals surface area contributed by atoms with Gasteiger partial charge < -0.3 is 15.8 Å². The van der Waals surface area contributed by atoms with Crippen LogP contribution in [-0.4, -0.2) is 42.7 Å². The highest BCUT2D eigenvalue weighted by molar-refractivity contribution is 7.99. The zero-order valence-electron chi connectivity index (χ0n) is 11.0. The number of thioether (sulfide) groups is 1. The van der Waals surface area contributed by atoms with Gasteiger partial charge in [-0.05, 0) is 38.9 Å². The fourth-order valence-electron chi connectivity index (χ4n) is 1.78. The monoisotopic (exact) mass is 260 g/mol. The largest absolute Gasteiger partial charge is 0.381 e. The third-order valence-electron chi connectivity index (χ3n) is 3.32. The number of hydrogen-bond donors (Lipinski definition) is 2. The topological polar surface area (TPSA) is 64.4 Å². The molecular weight excluding hydrogens is 236 g/mol. The highest BCUT2D eigenvalue weighted by Gasteiger charge is 2.27. The third-order valence-corrected chi connectivity index (χ3v) is 4.57. The number of amides is 1. The van der Waals surface area contributed by atoms with Gasteiger partial charge in [-0.2, -0.15) is 11.8 Å². The molecule has 100 valence electrons. The van der Waals surface area contributed by atoms with Gasteiger partial charge in [0.25, 0.3) is 0 Å². The number of rotatable bonds is 5.